The molecule has 0 aliphatic heterocycles. The summed E-state index contributed by atoms with van der Waals surface area (Å²) in [4.78, 5) is 38.1. The topological polar surface area (TPSA) is 78.9 Å². The Kier molecular flexibility index (Phi) is 53.0. The summed E-state index contributed by atoms with van der Waals surface area (Å²) in [5.74, 6) is -1.05. The molecule has 0 N–H and O–H groups in total. The van der Waals surface area contributed by atoms with Gasteiger partial charge in [0.05, 0.1) is 0 Å². The molecular formula is C63H102O6. The summed E-state index contributed by atoms with van der Waals surface area (Å²) in [5.41, 5.74) is 0. The lowest BCUT2D eigenvalue weighted by Crippen LogP contribution is -2.30. The number of hydrogen-bond donors (Lipinski definition) is 0. The molecule has 0 heterocycles. The van der Waals surface area contributed by atoms with E-state index < -0.39 is 6.10 Å². The maximum Gasteiger partial charge on any atom is 0.306 e. The number of allylic oxidation sites excluding steroid dienone is 20. The van der Waals surface area contributed by atoms with E-state index in [-0.39, 0.29) is 44.0 Å². The van der Waals surface area contributed by atoms with Gasteiger partial charge in [-0.05, 0) is 128 Å². The lowest BCUT2D eigenvalue weighted by molar-refractivity contribution is -0.166. The molecule has 0 unspecified atom stereocenters. The number of rotatable bonds is 49. The lowest BCUT2D eigenvalue weighted by atomic mass is 10.1. The van der Waals surface area contributed by atoms with Crippen LogP contribution in [0.4, 0.5) is 0 Å². The smallest absolute Gasteiger partial charge is 0.306 e. The van der Waals surface area contributed by atoms with Gasteiger partial charge in [-0.2, -0.15) is 0 Å². The first-order chi connectivity index (χ1) is 34.0. The summed E-state index contributed by atoms with van der Waals surface area (Å²) in [6.07, 6.45) is 77.6. The molecule has 0 aliphatic rings. The van der Waals surface area contributed by atoms with Crippen LogP contribution in [0.15, 0.2) is 122 Å². The second-order valence-corrected chi connectivity index (χ2v) is 18.1. The molecule has 0 aromatic heterocycles. The molecule has 69 heavy (non-hydrogen) atoms. The molecule has 1 atom stereocenters. The summed E-state index contributed by atoms with van der Waals surface area (Å²) in [7, 11) is 0. The molecule has 0 saturated heterocycles. The molecule has 0 radical (unpaired) electrons. The van der Waals surface area contributed by atoms with Crippen molar-refractivity contribution < 1.29 is 28.6 Å². The zero-order chi connectivity index (χ0) is 50.0. The van der Waals surface area contributed by atoms with Crippen LogP contribution in [0.25, 0.3) is 0 Å². The lowest BCUT2D eigenvalue weighted by Gasteiger charge is -2.18. The van der Waals surface area contributed by atoms with Crippen LogP contribution in [0.5, 0.6) is 0 Å². The minimum Gasteiger partial charge on any atom is -0.462 e. The molecule has 0 amide bonds. The average molecular weight is 956 g/mol. The Bertz CT molecular complexity index is 1470. The number of hydrogen-bond acceptors (Lipinski definition) is 6. The van der Waals surface area contributed by atoms with Gasteiger partial charge in [0, 0.05) is 19.3 Å². The Morgan fingerprint density at radius 1 is 0.290 bits per heavy atom. The Hall–Kier alpha value is -4.19. The first-order valence-corrected chi connectivity index (χ1v) is 28.0. The minimum absolute atomic E-state index is 0.121. The van der Waals surface area contributed by atoms with Gasteiger partial charge in [-0.1, -0.05) is 213 Å². The van der Waals surface area contributed by atoms with Crippen LogP contribution >= 0.6 is 0 Å². The van der Waals surface area contributed by atoms with Gasteiger partial charge >= 0.3 is 17.9 Å². The molecule has 0 aromatic carbocycles. The van der Waals surface area contributed by atoms with Gasteiger partial charge in [0.2, 0.25) is 0 Å². The fraction of sp³-hybridized carbons (Fsp3) is 0.635. The largest absolute Gasteiger partial charge is 0.462 e. The predicted molar refractivity (Wildman–Crippen MR) is 297 cm³/mol. The molecular weight excluding hydrogens is 853 g/mol. The van der Waals surface area contributed by atoms with Gasteiger partial charge in [0.15, 0.2) is 6.10 Å². The number of carbonyl (C=O) groups excluding carboxylic acids is 3. The third-order valence-electron chi connectivity index (χ3n) is 11.4. The Morgan fingerprint density at radius 2 is 0.551 bits per heavy atom. The molecule has 0 saturated carbocycles. The van der Waals surface area contributed by atoms with E-state index in [0.717, 1.165) is 116 Å². The first kappa shape index (κ1) is 64.8. The van der Waals surface area contributed by atoms with Crippen molar-refractivity contribution in [2.45, 2.75) is 245 Å². The molecule has 0 aliphatic carbocycles. The Morgan fingerprint density at radius 3 is 0.899 bits per heavy atom. The van der Waals surface area contributed by atoms with Gasteiger partial charge in [-0.25, -0.2) is 0 Å². The summed E-state index contributed by atoms with van der Waals surface area (Å²) in [6, 6.07) is 0. The second-order valence-electron chi connectivity index (χ2n) is 18.1. The fourth-order valence-corrected chi connectivity index (χ4v) is 7.17. The predicted octanol–water partition coefficient (Wildman–Crippen LogP) is 18.9. The van der Waals surface area contributed by atoms with E-state index >= 15 is 0 Å². The van der Waals surface area contributed by atoms with Crippen molar-refractivity contribution in [2.24, 2.45) is 0 Å². The van der Waals surface area contributed by atoms with Crippen molar-refractivity contribution in [3.63, 3.8) is 0 Å². The Balaban J connectivity index is 4.58. The van der Waals surface area contributed by atoms with Crippen LogP contribution in [-0.4, -0.2) is 37.2 Å². The third kappa shape index (κ3) is 54.6. The zero-order valence-electron chi connectivity index (χ0n) is 44.5. The number of esters is 3. The van der Waals surface area contributed by atoms with Crippen molar-refractivity contribution >= 4 is 17.9 Å². The standard InChI is InChI=1S/C63H102O6/c1-4-7-10-13-16-19-22-25-28-30-31-33-35-38-41-44-47-50-53-56-62(65)68-59-60(58-67-61(64)55-52-49-46-43-40-37-34-27-24-21-18-15-12-9-6-3)69-63(66)57-54-51-48-45-42-39-36-32-29-26-23-20-17-14-11-8-5-2/h16-21,25-29,31,33-34,36,38-39,41,47,50,60H,4-15,22-24,30,32,35,37,40,42-46,48-49,51-59H2,1-3H3/b19-16-,20-17-,21-18-,28-25-,29-26-,33-31-,34-27-,39-36-,41-38-,50-47-/t60-/m0/s1. The monoisotopic (exact) mass is 955 g/mol. The second kappa shape index (κ2) is 56.4. The molecule has 0 fully saturated rings. The summed E-state index contributed by atoms with van der Waals surface area (Å²) >= 11 is 0. The highest BCUT2D eigenvalue weighted by Crippen LogP contribution is 2.12. The van der Waals surface area contributed by atoms with Gasteiger partial charge in [-0.3, -0.25) is 14.4 Å². The van der Waals surface area contributed by atoms with Crippen LogP contribution in [0.2, 0.25) is 0 Å². The average Bonchev–Trinajstić information content (AvgIpc) is 3.35. The highest BCUT2D eigenvalue weighted by atomic mass is 16.6. The first-order valence-electron chi connectivity index (χ1n) is 28.0. The van der Waals surface area contributed by atoms with Crippen LogP contribution < -0.4 is 0 Å². The van der Waals surface area contributed by atoms with Crippen LogP contribution in [0.1, 0.15) is 239 Å². The molecule has 0 bridgehead atoms. The van der Waals surface area contributed by atoms with Gasteiger partial charge in [0.1, 0.15) is 13.2 Å². The van der Waals surface area contributed by atoms with E-state index in [1.807, 2.05) is 6.08 Å². The summed E-state index contributed by atoms with van der Waals surface area (Å²) in [5, 5.41) is 0. The normalized spacial score (nSPS) is 13.0. The molecule has 0 aromatic rings. The molecule has 0 spiro atoms. The van der Waals surface area contributed by atoms with Crippen molar-refractivity contribution in [3.05, 3.63) is 122 Å². The van der Waals surface area contributed by atoms with Crippen molar-refractivity contribution in [1.82, 2.24) is 0 Å². The molecule has 6 nitrogen and oxygen atoms in total. The summed E-state index contributed by atoms with van der Waals surface area (Å²) in [6.45, 7) is 6.45. The molecule has 0 rings (SSSR count). The van der Waals surface area contributed by atoms with Crippen molar-refractivity contribution in [2.75, 3.05) is 13.2 Å². The third-order valence-corrected chi connectivity index (χ3v) is 11.4. The fourth-order valence-electron chi connectivity index (χ4n) is 7.17. The van der Waals surface area contributed by atoms with E-state index in [1.54, 1.807) is 0 Å². The zero-order valence-corrected chi connectivity index (χ0v) is 44.5. The highest BCUT2D eigenvalue weighted by Gasteiger charge is 2.19. The maximum absolute atomic E-state index is 12.8. The van der Waals surface area contributed by atoms with Crippen LogP contribution in [-0.2, 0) is 28.6 Å². The number of ether oxygens (including phenoxy) is 3. The van der Waals surface area contributed by atoms with E-state index in [9.17, 15) is 14.4 Å². The quantitative estimate of drug-likeness (QED) is 0.0262. The van der Waals surface area contributed by atoms with E-state index in [2.05, 4.69) is 136 Å². The highest BCUT2D eigenvalue weighted by molar-refractivity contribution is 5.71. The maximum atomic E-state index is 12.8. The number of carbonyl (C=O) groups is 3. The van der Waals surface area contributed by atoms with E-state index in [4.69, 9.17) is 14.2 Å². The van der Waals surface area contributed by atoms with Crippen LogP contribution in [0, 0.1) is 0 Å². The van der Waals surface area contributed by atoms with Crippen molar-refractivity contribution in [3.8, 4) is 0 Å². The molecule has 6 heteroatoms. The van der Waals surface area contributed by atoms with Crippen molar-refractivity contribution in [1.29, 1.82) is 0 Å². The molecule has 390 valence electrons. The van der Waals surface area contributed by atoms with E-state index in [0.29, 0.717) is 12.8 Å². The van der Waals surface area contributed by atoms with Gasteiger partial charge < -0.3 is 14.2 Å². The van der Waals surface area contributed by atoms with E-state index in [1.165, 1.54) is 77.0 Å². The Labute approximate surface area is 424 Å². The summed E-state index contributed by atoms with van der Waals surface area (Å²) < 4.78 is 16.7. The minimum atomic E-state index is -0.830. The van der Waals surface area contributed by atoms with Gasteiger partial charge in [0.25, 0.3) is 0 Å². The van der Waals surface area contributed by atoms with Crippen LogP contribution in [0.3, 0.4) is 0 Å². The number of unbranched alkanes of at least 4 members (excludes halogenated alkanes) is 18. The van der Waals surface area contributed by atoms with Gasteiger partial charge in [-0.15, -0.1) is 0 Å². The SMILES string of the molecule is CCCCC/C=C\C/C=C\C/C=C\C/C=C\C/C=C\CCC(=O)OC[C@H](COC(=O)CCCCCCC/C=C\C/C=C\CCCCC)OC(=O)CCCCCC/C=C\C/C=C\C/C=C\CCCCC.